The summed E-state index contributed by atoms with van der Waals surface area (Å²) >= 11 is 0. The first-order chi connectivity index (χ1) is 14.8. The number of hydrogen-bond acceptors (Lipinski definition) is 4. The smallest absolute Gasteiger partial charge is 0.253 e. The summed E-state index contributed by atoms with van der Waals surface area (Å²) in [5.74, 6) is 1.01. The van der Waals surface area contributed by atoms with Gasteiger partial charge in [0, 0.05) is 43.0 Å². The third-order valence-corrected chi connectivity index (χ3v) is 5.46. The Labute approximate surface area is 177 Å². The van der Waals surface area contributed by atoms with E-state index in [-0.39, 0.29) is 5.91 Å². The van der Waals surface area contributed by atoms with Gasteiger partial charge < -0.3 is 15.0 Å². The molecule has 0 spiro atoms. The zero-order valence-electron chi connectivity index (χ0n) is 17.0. The van der Waals surface area contributed by atoms with Crippen LogP contribution < -0.4 is 10.1 Å². The molecule has 1 aliphatic heterocycles. The summed E-state index contributed by atoms with van der Waals surface area (Å²) in [5.41, 5.74) is 2.81. The lowest BCUT2D eigenvalue weighted by Crippen LogP contribution is -2.44. The minimum atomic E-state index is 0.127. The highest BCUT2D eigenvalue weighted by Crippen LogP contribution is 2.20. The molecular weight excluding hydrogens is 374 g/mol. The number of aromatic nitrogens is 1. The number of likely N-dealkylation sites (tertiary alicyclic amines) is 1. The van der Waals surface area contributed by atoms with E-state index in [4.69, 9.17) is 4.74 Å². The fourth-order valence-corrected chi connectivity index (χ4v) is 3.73. The molecule has 0 atom stereocenters. The van der Waals surface area contributed by atoms with Gasteiger partial charge in [0.25, 0.3) is 5.91 Å². The molecule has 5 heteroatoms. The summed E-state index contributed by atoms with van der Waals surface area (Å²) in [5, 5.41) is 3.64. The Morgan fingerprint density at radius 3 is 2.47 bits per heavy atom. The summed E-state index contributed by atoms with van der Waals surface area (Å²) in [6.07, 6.45) is 3.69. The second-order valence-electron chi connectivity index (χ2n) is 7.53. The minimum absolute atomic E-state index is 0.127. The van der Waals surface area contributed by atoms with Crippen LogP contribution in [0.4, 0.5) is 0 Å². The maximum absolute atomic E-state index is 12.6. The second-order valence-corrected chi connectivity index (χ2v) is 7.53. The number of piperidine rings is 1. The van der Waals surface area contributed by atoms with Crippen LogP contribution in [0.5, 0.6) is 5.75 Å². The Hall–Kier alpha value is -3.18. The highest BCUT2D eigenvalue weighted by atomic mass is 16.5. The summed E-state index contributed by atoms with van der Waals surface area (Å²) < 4.78 is 6.01. The number of pyridine rings is 1. The van der Waals surface area contributed by atoms with Gasteiger partial charge in [0.2, 0.25) is 0 Å². The zero-order chi connectivity index (χ0) is 20.6. The molecule has 1 amide bonds. The second kappa shape index (κ2) is 10.0. The van der Waals surface area contributed by atoms with Gasteiger partial charge in [-0.2, -0.15) is 0 Å². The highest BCUT2D eigenvalue weighted by Gasteiger charge is 2.23. The first kappa shape index (κ1) is 20.1. The lowest BCUT2D eigenvalue weighted by Gasteiger charge is -2.32. The Bertz CT molecular complexity index is 939. The van der Waals surface area contributed by atoms with E-state index in [1.807, 2.05) is 71.6 Å². The van der Waals surface area contributed by atoms with Crippen LogP contribution in [0.2, 0.25) is 0 Å². The molecule has 4 rings (SSSR count). The zero-order valence-corrected chi connectivity index (χ0v) is 17.0. The third kappa shape index (κ3) is 5.24. The van der Waals surface area contributed by atoms with Crippen LogP contribution in [0.3, 0.4) is 0 Å². The van der Waals surface area contributed by atoms with Crippen LogP contribution in [0.15, 0.2) is 79.0 Å². The number of carbonyl (C=O) groups is 1. The van der Waals surface area contributed by atoms with E-state index < -0.39 is 0 Å². The molecule has 0 aliphatic carbocycles. The van der Waals surface area contributed by atoms with Crippen molar-refractivity contribution in [3.05, 3.63) is 95.8 Å². The maximum atomic E-state index is 12.6. The number of benzene rings is 2. The molecule has 1 saturated heterocycles. The van der Waals surface area contributed by atoms with Crippen molar-refractivity contribution >= 4 is 5.91 Å². The molecule has 1 fully saturated rings. The number of para-hydroxylation sites is 1. The molecule has 0 radical (unpaired) electrons. The molecule has 1 aliphatic rings. The molecule has 5 nitrogen and oxygen atoms in total. The standard InChI is InChI=1S/C25H27N3O2/c29-25(20-8-2-1-3-9-20)28-16-13-22(14-17-28)27-18-21-10-4-5-12-24(21)30-19-23-11-6-7-15-26-23/h1-12,15,22,27H,13-14,16-19H2. The molecule has 3 aromatic rings. The number of nitrogens with one attached hydrogen (secondary N) is 1. The lowest BCUT2D eigenvalue weighted by molar-refractivity contribution is 0.0704. The van der Waals surface area contributed by atoms with Crippen LogP contribution in [-0.2, 0) is 13.2 Å². The van der Waals surface area contributed by atoms with Crippen molar-refractivity contribution in [2.45, 2.75) is 32.0 Å². The quantitative estimate of drug-likeness (QED) is 0.649. The Morgan fingerprint density at radius 1 is 0.967 bits per heavy atom. The minimum Gasteiger partial charge on any atom is -0.487 e. The Balaban J connectivity index is 1.27. The summed E-state index contributed by atoms with van der Waals surface area (Å²) in [6.45, 7) is 2.76. The van der Waals surface area contributed by atoms with Crippen molar-refractivity contribution in [1.29, 1.82) is 0 Å². The molecule has 2 heterocycles. The Kier molecular flexibility index (Phi) is 6.72. The number of nitrogens with zero attached hydrogens (tertiary/aromatic N) is 2. The SMILES string of the molecule is O=C(c1ccccc1)N1CCC(NCc2ccccc2OCc2ccccn2)CC1. The number of carbonyl (C=O) groups excluding carboxylic acids is 1. The van der Waals surface area contributed by atoms with Gasteiger partial charge in [-0.3, -0.25) is 9.78 Å². The van der Waals surface area contributed by atoms with Crippen LogP contribution >= 0.6 is 0 Å². The van der Waals surface area contributed by atoms with E-state index in [1.165, 1.54) is 0 Å². The van der Waals surface area contributed by atoms with Gasteiger partial charge in [-0.05, 0) is 43.2 Å². The van der Waals surface area contributed by atoms with Gasteiger partial charge in [-0.25, -0.2) is 0 Å². The van der Waals surface area contributed by atoms with Gasteiger partial charge in [0.05, 0.1) is 5.69 Å². The van der Waals surface area contributed by atoms with Crippen molar-refractivity contribution in [3.8, 4) is 5.75 Å². The fourth-order valence-electron chi connectivity index (χ4n) is 3.73. The topological polar surface area (TPSA) is 54.5 Å². The molecule has 0 saturated carbocycles. The average molecular weight is 402 g/mol. The molecule has 0 bridgehead atoms. The molecule has 30 heavy (non-hydrogen) atoms. The number of amides is 1. The number of rotatable bonds is 7. The summed E-state index contributed by atoms with van der Waals surface area (Å²) in [4.78, 5) is 18.9. The van der Waals surface area contributed by atoms with E-state index in [0.717, 1.165) is 55.0 Å². The highest BCUT2D eigenvalue weighted by molar-refractivity contribution is 5.94. The van der Waals surface area contributed by atoms with Crippen molar-refractivity contribution in [3.63, 3.8) is 0 Å². The normalized spacial score (nSPS) is 14.5. The van der Waals surface area contributed by atoms with Crippen molar-refractivity contribution < 1.29 is 9.53 Å². The predicted octanol–water partition coefficient (Wildman–Crippen LogP) is 4.06. The van der Waals surface area contributed by atoms with E-state index >= 15 is 0 Å². The molecule has 0 unspecified atom stereocenters. The monoisotopic (exact) mass is 401 g/mol. The Morgan fingerprint density at radius 2 is 1.70 bits per heavy atom. The van der Waals surface area contributed by atoms with Crippen LogP contribution in [0, 0.1) is 0 Å². The molecule has 1 aromatic heterocycles. The van der Waals surface area contributed by atoms with Gasteiger partial charge in [-0.15, -0.1) is 0 Å². The largest absolute Gasteiger partial charge is 0.487 e. The van der Waals surface area contributed by atoms with Gasteiger partial charge in [0.1, 0.15) is 12.4 Å². The van der Waals surface area contributed by atoms with E-state index in [1.54, 1.807) is 6.20 Å². The van der Waals surface area contributed by atoms with Gasteiger partial charge in [0.15, 0.2) is 0 Å². The van der Waals surface area contributed by atoms with Crippen molar-refractivity contribution in [2.24, 2.45) is 0 Å². The molecule has 2 aromatic carbocycles. The maximum Gasteiger partial charge on any atom is 0.253 e. The van der Waals surface area contributed by atoms with Gasteiger partial charge in [-0.1, -0.05) is 42.5 Å². The average Bonchev–Trinajstić information content (AvgIpc) is 2.83. The molecule has 154 valence electrons. The lowest BCUT2D eigenvalue weighted by atomic mass is 10.0. The van der Waals surface area contributed by atoms with Gasteiger partial charge >= 0.3 is 0 Å². The van der Waals surface area contributed by atoms with Crippen molar-refractivity contribution in [2.75, 3.05) is 13.1 Å². The van der Waals surface area contributed by atoms with Crippen LogP contribution in [-0.4, -0.2) is 34.9 Å². The van der Waals surface area contributed by atoms with E-state index in [9.17, 15) is 4.79 Å². The van der Waals surface area contributed by atoms with Crippen LogP contribution in [0.25, 0.3) is 0 Å². The molecular formula is C25H27N3O2. The third-order valence-electron chi connectivity index (χ3n) is 5.46. The first-order valence-corrected chi connectivity index (χ1v) is 10.5. The first-order valence-electron chi connectivity index (χ1n) is 10.5. The predicted molar refractivity (Wildman–Crippen MR) is 117 cm³/mol. The van der Waals surface area contributed by atoms with E-state index in [2.05, 4.69) is 16.4 Å². The number of ether oxygens (including phenoxy) is 1. The summed E-state index contributed by atoms with van der Waals surface area (Å²) in [7, 11) is 0. The van der Waals surface area contributed by atoms with E-state index in [0.29, 0.717) is 12.6 Å². The number of hydrogen-bond donors (Lipinski definition) is 1. The summed E-state index contributed by atoms with van der Waals surface area (Å²) in [6, 6.07) is 23.9. The fraction of sp³-hybridized carbons (Fsp3) is 0.280. The van der Waals surface area contributed by atoms with Crippen molar-refractivity contribution in [1.82, 2.24) is 15.2 Å². The molecule has 1 N–H and O–H groups in total. The van der Waals surface area contributed by atoms with Crippen LogP contribution in [0.1, 0.15) is 34.5 Å².